The van der Waals surface area contributed by atoms with E-state index in [1.807, 2.05) is 0 Å². The number of amides is 1. The molecule has 0 saturated carbocycles. The fourth-order valence-electron chi connectivity index (χ4n) is 3.81. The van der Waals surface area contributed by atoms with E-state index in [0.717, 1.165) is 24.3 Å². The van der Waals surface area contributed by atoms with Crippen molar-refractivity contribution in [3.8, 4) is 0 Å². The van der Waals surface area contributed by atoms with E-state index in [1.54, 1.807) is 0 Å². The van der Waals surface area contributed by atoms with Gasteiger partial charge in [-0.15, -0.1) is 0 Å². The van der Waals surface area contributed by atoms with Gasteiger partial charge in [0.15, 0.2) is 0 Å². The van der Waals surface area contributed by atoms with E-state index in [2.05, 4.69) is 0 Å². The van der Waals surface area contributed by atoms with Crippen molar-refractivity contribution in [2.45, 2.75) is 48.2 Å². The maximum Gasteiger partial charge on any atom is 0.430 e. The van der Waals surface area contributed by atoms with E-state index in [-0.39, 0.29) is 24.1 Å². The molecule has 1 heterocycles. The maximum atomic E-state index is 13.3. The smallest absolute Gasteiger partial charge is 0.370 e. The normalized spacial score (nSPS) is 17.4. The molecule has 2 aromatic rings. The number of primary amides is 1. The highest BCUT2D eigenvalue weighted by Gasteiger charge is 2.71. The summed E-state index contributed by atoms with van der Waals surface area (Å²) in [7, 11) is -4.54. The molecule has 0 saturated heterocycles. The lowest BCUT2D eigenvalue weighted by Gasteiger charge is -2.39. The number of hydrogen-bond donors (Lipinski definition) is 2. The Morgan fingerprint density at radius 2 is 1.59 bits per heavy atom. The van der Waals surface area contributed by atoms with Gasteiger partial charge in [-0.2, -0.15) is 26.3 Å². The average molecular weight is 514 g/mol. The summed E-state index contributed by atoms with van der Waals surface area (Å²) in [6.07, 6.45) is -13.1. The van der Waals surface area contributed by atoms with Crippen molar-refractivity contribution in [2.24, 2.45) is 5.73 Å². The Balaban J connectivity index is 2.20. The minimum atomic E-state index is -6.12. The number of anilines is 1. The zero-order valence-corrected chi connectivity index (χ0v) is 17.8. The van der Waals surface area contributed by atoms with Crippen LogP contribution in [0.15, 0.2) is 47.4 Å². The molecule has 0 radical (unpaired) electrons. The first-order valence-electron chi connectivity index (χ1n) is 9.57. The Morgan fingerprint density at radius 3 is 2.09 bits per heavy atom. The molecule has 0 bridgehead atoms. The number of fused-ring (bicyclic) bond motifs is 1. The molecule has 6 nitrogen and oxygen atoms in total. The predicted molar refractivity (Wildman–Crippen MR) is 104 cm³/mol. The second-order valence-corrected chi connectivity index (χ2v) is 9.48. The Hall–Kier alpha value is -2.87. The third-order valence-corrected chi connectivity index (χ3v) is 7.32. The molecular formula is C20H17F7N2O4S. The molecule has 0 fully saturated rings. The van der Waals surface area contributed by atoms with E-state index in [4.69, 9.17) is 5.73 Å². The summed E-state index contributed by atoms with van der Waals surface area (Å²) in [6, 6.07) is 3.87. The molecule has 3 rings (SSSR count). The summed E-state index contributed by atoms with van der Waals surface area (Å²) in [5, 5.41) is 9.68. The number of hydrogen-bond acceptors (Lipinski definition) is 4. The summed E-state index contributed by atoms with van der Waals surface area (Å²) >= 11 is 0. The van der Waals surface area contributed by atoms with Crippen molar-refractivity contribution in [1.29, 1.82) is 0 Å². The molecule has 34 heavy (non-hydrogen) atoms. The van der Waals surface area contributed by atoms with Crippen LogP contribution >= 0.6 is 0 Å². The Kier molecular flexibility index (Phi) is 6.37. The quantitative estimate of drug-likeness (QED) is 0.597. The second kappa shape index (κ2) is 8.41. The van der Waals surface area contributed by atoms with Gasteiger partial charge in [0.05, 0.1) is 16.6 Å². The first-order chi connectivity index (χ1) is 15.5. The molecule has 0 aromatic heterocycles. The van der Waals surface area contributed by atoms with Gasteiger partial charge < -0.3 is 10.8 Å². The largest absolute Gasteiger partial charge is 0.430 e. The first-order valence-corrected chi connectivity index (χ1v) is 11.0. The number of aliphatic hydroxyl groups is 1. The third kappa shape index (κ3) is 4.31. The maximum absolute atomic E-state index is 13.3. The van der Waals surface area contributed by atoms with Crippen molar-refractivity contribution >= 4 is 21.6 Å². The third-order valence-electron chi connectivity index (χ3n) is 5.44. The molecule has 1 aliphatic rings. The van der Waals surface area contributed by atoms with Crippen molar-refractivity contribution in [2.75, 3.05) is 4.31 Å². The number of sulfonamides is 1. The Morgan fingerprint density at radius 1 is 1.03 bits per heavy atom. The summed E-state index contributed by atoms with van der Waals surface area (Å²) in [5.74, 6) is -1.65. The van der Waals surface area contributed by atoms with Crippen LogP contribution in [0.4, 0.5) is 36.4 Å². The Labute approximate surface area is 188 Å². The number of benzene rings is 2. The topological polar surface area (TPSA) is 101 Å². The molecule has 1 amide bonds. The molecule has 186 valence electrons. The standard InChI is InChI=1S/C20H17F7N2O4S/c21-13-3-6-15(7-4-13)34(32,33)29-14(10-17(28)30)5-1-11-9-12(2-8-16(11)29)18(31,19(22,23)24)20(25,26)27/h2-4,6-9,14,31H,1,5,10H2,(H2,28,30)/t14-/m0/s1. The highest BCUT2D eigenvalue weighted by molar-refractivity contribution is 7.92. The number of halogens is 7. The lowest BCUT2D eigenvalue weighted by Crippen LogP contribution is -2.54. The van der Waals surface area contributed by atoms with Crippen molar-refractivity contribution in [3.05, 3.63) is 59.4 Å². The highest BCUT2D eigenvalue weighted by Crippen LogP contribution is 2.51. The van der Waals surface area contributed by atoms with Gasteiger partial charge in [0.1, 0.15) is 5.82 Å². The summed E-state index contributed by atoms with van der Waals surface area (Å²) < 4.78 is 120. The van der Waals surface area contributed by atoms with E-state index in [1.165, 1.54) is 0 Å². The molecule has 14 heteroatoms. The lowest BCUT2D eigenvalue weighted by molar-refractivity contribution is -0.376. The van der Waals surface area contributed by atoms with Crippen LogP contribution in [0.1, 0.15) is 24.0 Å². The van der Waals surface area contributed by atoms with Gasteiger partial charge in [-0.3, -0.25) is 9.10 Å². The van der Waals surface area contributed by atoms with Crippen LogP contribution in [0.5, 0.6) is 0 Å². The number of aryl methyl sites for hydroxylation is 1. The van der Waals surface area contributed by atoms with Gasteiger partial charge in [0, 0.05) is 12.0 Å². The Bertz CT molecular complexity index is 1180. The van der Waals surface area contributed by atoms with Crippen LogP contribution in [0.3, 0.4) is 0 Å². The fraction of sp³-hybridized carbons (Fsp3) is 0.350. The number of alkyl halides is 6. The van der Waals surface area contributed by atoms with E-state index < -0.39 is 62.6 Å². The van der Waals surface area contributed by atoms with Gasteiger partial charge >= 0.3 is 12.4 Å². The van der Waals surface area contributed by atoms with Crippen molar-refractivity contribution in [3.63, 3.8) is 0 Å². The molecule has 1 atom stereocenters. The van der Waals surface area contributed by atoms with Crippen LogP contribution in [0.2, 0.25) is 0 Å². The number of nitrogens with zero attached hydrogens (tertiary/aromatic N) is 1. The van der Waals surface area contributed by atoms with Crippen LogP contribution < -0.4 is 10.0 Å². The number of nitrogens with two attached hydrogens (primary N) is 1. The van der Waals surface area contributed by atoms with Gasteiger partial charge in [-0.25, -0.2) is 12.8 Å². The van der Waals surface area contributed by atoms with Crippen LogP contribution in [0, 0.1) is 5.82 Å². The van der Waals surface area contributed by atoms with E-state index >= 15 is 0 Å². The minimum absolute atomic E-state index is 0.170. The number of rotatable bonds is 5. The molecule has 2 aromatic carbocycles. The van der Waals surface area contributed by atoms with Gasteiger partial charge in [-0.05, 0) is 48.7 Å². The minimum Gasteiger partial charge on any atom is -0.370 e. The summed E-state index contributed by atoms with van der Waals surface area (Å²) in [6.45, 7) is 0. The van der Waals surface area contributed by atoms with Gasteiger partial charge in [0.2, 0.25) is 5.91 Å². The molecular weight excluding hydrogens is 497 g/mol. The van der Waals surface area contributed by atoms with E-state index in [0.29, 0.717) is 22.5 Å². The van der Waals surface area contributed by atoms with Crippen molar-refractivity contribution in [1.82, 2.24) is 0 Å². The van der Waals surface area contributed by atoms with Crippen LogP contribution in [0.25, 0.3) is 0 Å². The molecule has 1 aliphatic heterocycles. The summed E-state index contributed by atoms with van der Waals surface area (Å²) in [5.41, 5.74) is -2.08. The predicted octanol–water partition coefficient (Wildman–Crippen LogP) is 3.52. The summed E-state index contributed by atoms with van der Waals surface area (Å²) in [4.78, 5) is 11.1. The van der Waals surface area contributed by atoms with Gasteiger partial charge in [0.25, 0.3) is 15.6 Å². The fourth-order valence-corrected chi connectivity index (χ4v) is 5.53. The van der Waals surface area contributed by atoms with Crippen LogP contribution in [-0.4, -0.2) is 37.8 Å². The zero-order valence-electron chi connectivity index (χ0n) is 17.0. The van der Waals surface area contributed by atoms with Gasteiger partial charge in [-0.1, -0.05) is 12.1 Å². The molecule has 0 aliphatic carbocycles. The zero-order chi connectivity index (χ0) is 25.7. The number of carbonyl (C=O) groups is 1. The monoisotopic (exact) mass is 514 g/mol. The molecule has 0 spiro atoms. The second-order valence-electron chi connectivity index (χ2n) is 7.67. The van der Waals surface area contributed by atoms with Crippen LogP contribution in [-0.2, 0) is 26.8 Å². The number of carbonyl (C=O) groups excluding carboxylic acids is 1. The van der Waals surface area contributed by atoms with E-state index in [9.17, 15) is 49.1 Å². The lowest BCUT2D eigenvalue weighted by atomic mass is 9.87. The molecule has 0 unspecified atom stereocenters. The first kappa shape index (κ1) is 25.7. The molecule has 3 N–H and O–H groups in total. The highest BCUT2D eigenvalue weighted by atomic mass is 32.2. The average Bonchev–Trinajstić information content (AvgIpc) is 2.70. The van der Waals surface area contributed by atoms with Crippen molar-refractivity contribution < 1.29 is 49.1 Å². The SMILES string of the molecule is NC(=O)C[C@@H]1CCc2cc(C(O)(C(F)(F)F)C(F)(F)F)ccc2N1S(=O)(=O)c1ccc(F)cc1.